The van der Waals surface area contributed by atoms with E-state index in [-0.39, 0.29) is 40.6 Å². The number of benzene rings is 3. The topological polar surface area (TPSA) is 151 Å². The van der Waals surface area contributed by atoms with E-state index in [9.17, 15) is 19.8 Å². The Morgan fingerprint density at radius 2 is 1.71 bits per heavy atom. The van der Waals surface area contributed by atoms with Crippen LogP contribution in [-0.2, 0) is 6.54 Å². The number of carboxylic acids is 1. The van der Waals surface area contributed by atoms with E-state index in [1.165, 1.54) is 27.4 Å². The third-order valence-electron chi connectivity index (χ3n) is 6.62. The van der Waals surface area contributed by atoms with Gasteiger partial charge in [-0.25, -0.2) is 9.59 Å². The fourth-order valence-electron chi connectivity index (χ4n) is 4.85. The van der Waals surface area contributed by atoms with Gasteiger partial charge in [-0.1, -0.05) is 13.0 Å². The quantitative estimate of drug-likeness (QED) is 0.175. The molecule has 2 heterocycles. The number of hydrogen-bond donors (Lipinski definition) is 2. The van der Waals surface area contributed by atoms with Crippen LogP contribution >= 0.6 is 11.7 Å². The zero-order valence-electron chi connectivity index (χ0n) is 23.2. The van der Waals surface area contributed by atoms with Gasteiger partial charge in [0.1, 0.15) is 16.8 Å². The average Bonchev–Trinajstić information content (AvgIpc) is 3.56. The van der Waals surface area contributed by atoms with Crippen LogP contribution in [0.2, 0.25) is 0 Å². The van der Waals surface area contributed by atoms with E-state index in [1.54, 1.807) is 22.8 Å². The number of ether oxygens (including phenoxy) is 5. The highest BCUT2D eigenvalue weighted by Gasteiger charge is 2.31. The first-order chi connectivity index (χ1) is 20.3. The molecule has 0 aliphatic carbocycles. The Morgan fingerprint density at radius 1 is 0.929 bits per heavy atom. The van der Waals surface area contributed by atoms with Crippen molar-refractivity contribution >= 4 is 45.8 Å². The summed E-state index contributed by atoms with van der Waals surface area (Å²) in [6, 6.07) is 11.7. The Balaban J connectivity index is 1.92. The van der Waals surface area contributed by atoms with E-state index in [0.29, 0.717) is 40.9 Å². The molecule has 218 valence electrons. The van der Waals surface area contributed by atoms with Gasteiger partial charge in [0.15, 0.2) is 11.5 Å². The molecule has 42 heavy (non-hydrogen) atoms. The highest BCUT2D eigenvalue weighted by molar-refractivity contribution is 7.00. The summed E-state index contributed by atoms with van der Waals surface area (Å²) < 4.78 is 38.5. The highest BCUT2D eigenvalue weighted by Crippen LogP contribution is 2.52. The molecule has 2 aromatic heterocycles. The first kappa shape index (κ1) is 28.5. The number of methoxy groups -OCH3 is 3. The smallest absolute Gasteiger partial charge is 0.497 e. The summed E-state index contributed by atoms with van der Waals surface area (Å²) in [5.74, 6) is -0.195. The lowest BCUT2D eigenvalue weighted by Crippen LogP contribution is -2.10. The van der Waals surface area contributed by atoms with Gasteiger partial charge in [-0.3, -0.25) is 0 Å². The maximum atomic E-state index is 12.5. The first-order valence-electron chi connectivity index (χ1n) is 12.8. The number of nitrogens with zero attached hydrogens (tertiary/aromatic N) is 3. The van der Waals surface area contributed by atoms with Crippen LogP contribution in [0, 0.1) is 0 Å². The van der Waals surface area contributed by atoms with Gasteiger partial charge >= 0.3 is 12.1 Å². The molecule has 0 saturated carbocycles. The molecule has 3 aromatic carbocycles. The Bertz CT molecular complexity index is 1810. The molecule has 5 rings (SSSR count). The number of aromatic carboxylic acids is 1. The zero-order valence-corrected chi connectivity index (χ0v) is 24.0. The van der Waals surface area contributed by atoms with Crippen LogP contribution in [0.4, 0.5) is 4.79 Å². The minimum atomic E-state index is -1.58. The van der Waals surface area contributed by atoms with E-state index >= 15 is 0 Å². The Hall–Kier alpha value is -5.04. The fourth-order valence-corrected chi connectivity index (χ4v) is 5.36. The zero-order chi connectivity index (χ0) is 30.0. The SMILES string of the molecule is CCCOc1c(OC)cc2c(c1OC)c(-c1ccc(OC)cc1C(=O)O)c(OC(=O)O)n2Cc1ccc2nsnc2c1. The van der Waals surface area contributed by atoms with Gasteiger partial charge in [-0.05, 0) is 42.3 Å². The minimum absolute atomic E-state index is 0.116. The van der Waals surface area contributed by atoms with Crippen LogP contribution in [0.5, 0.6) is 28.9 Å². The molecule has 0 bridgehead atoms. The fraction of sp³-hybridized carbons (Fsp3) is 0.241. The summed E-state index contributed by atoms with van der Waals surface area (Å²) in [4.78, 5) is 24.6. The third-order valence-corrected chi connectivity index (χ3v) is 7.18. The van der Waals surface area contributed by atoms with Gasteiger partial charge in [-0.2, -0.15) is 8.75 Å². The van der Waals surface area contributed by atoms with Crippen LogP contribution in [0.3, 0.4) is 0 Å². The van der Waals surface area contributed by atoms with E-state index in [4.69, 9.17) is 23.7 Å². The van der Waals surface area contributed by atoms with Crippen molar-refractivity contribution in [2.24, 2.45) is 0 Å². The summed E-state index contributed by atoms with van der Waals surface area (Å²) in [5, 5.41) is 20.4. The van der Waals surface area contributed by atoms with E-state index in [0.717, 1.165) is 22.8 Å². The first-order valence-corrected chi connectivity index (χ1v) is 13.5. The Morgan fingerprint density at radius 3 is 2.38 bits per heavy atom. The van der Waals surface area contributed by atoms with Crippen LogP contribution in [-0.4, -0.2) is 63.6 Å². The van der Waals surface area contributed by atoms with Crippen LogP contribution in [0.15, 0.2) is 42.5 Å². The van der Waals surface area contributed by atoms with Crippen molar-refractivity contribution < 1.29 is 43.5 Å². The summed E-state index contributed by atoms with van der Waals surface area (Å²) in [6.45, 7) is 2.42. The molecular weight excluding hydrogens is 566 g/mol. The number of aromatic nitrogens is 3. The lowest BCUT2D eigenvalue weighted by molar-refractivity contribution is 0.0697. The largest absolute Gasteiger partial charge is 0.512 e. The van der Waals surface area contributed by atoms with Gasteiger partial charge in [0.25, 0.3) is 0 Å². The van der Waals surface area contributed by atoms with E-state index < -0.39 is 12.1 Å². The Labute approximate surface area is 243 Å². The van der Waals surface area contributed by atoms with Crippen molar-refractivity contribution in [2.45, 2.75) is 19.9 Å². The molecule has 0 radical (unpaired) electrons. The number of fused-ring (bicyclic) bond motifs is 2. The molecule has 12 nitrogen and oxygen atoms in total. The maximum absolute atomic E-state index is 12.5. The molecule has 0 atom stereocenters. The maximum Gasteiger partial charge on any atom is 0.512 e. The van der Waals surface area contributed by atoms with Gasteiger partial charge < -0.3 is 38.5 Å². The molecule has 0 aliphatic rings. The predicted octanol–water partition coefficient (Wildman–Crippen LogP) is 5.93. The molecule has 0 saturated heterocycles. The number of carboxylic acid groups (broad SMARTS) is 2. The highest BCUT2D eigenvalue weighted by atomic mass is 32.1. The lowest BCUT2D eigenvalue weighted by Gasteiger charge is -2.16. The van der Waals surface area contributed by atoms with E-state index in [1.807, 2.05) is 25.1 Å². The van der Waals surface area contributed by atoms with E-state index in [2.05, 4.69) is 8.75 Å². The van der Waals surface area contributed by atoms with Crippen molar-refractivity contribution in [3.05, 3.63) is 53.6 Å². The predicted molar refractivity (Wildman–Crippen MR) is 155 cm³/mol. The van der Waals surface area contributed by atoms with Crippen molar-refractivity contribution in [1.29, 1.82) is 0 Å². The monoisotopic (exact) mass is 593 g/mol. The van der Waals surface area contributed by atoms with Gasteiger partial charge in [0.05, 0.1) is 68.2 Å². The van der Waals surface area contributed by atoms with Crippen molar-refractivity contribution in [3.63, 3.8) is 0 Å². The molecule has 5 aromatic rings. The van der Waals surface area contributed by atoms with Gasteiger partial charge in [-0.15, -0.1) is 0 Å². The van der Waals surface area contributed by atoms with Crippen LogP contribution in [0.25, 0.3) is 33.1 Å². The summed E-state index contributed by atoms with van der Waals surface area (Å²) in [6.07, 6.45) is -0.889. The number of carbonyl (C=O) groups is 2. The standard InChI is InChI=1S/C29H27N3O9S/c1-5-10-40-25-22(38-3)13-21-24(26(25)39-4)23(17-8-7-16(37-2)12-18(17)28(33)34)27(41-29(35)36)32(21)14-15-6-9-19-20(11-15)31-42-30-19/h6-9,11-13H,5,10,14H2,1-4H3,(H,33,34)(H,35,36). The number of rotatable bonds is 11. The molecule has 2 N–H and O–H groups in total. The minimum Gasteiger partial charge on any atom is -0.497 e. The second-order valence-electron chi connectivity index (χ2n) is 9.12. The second kappa shape index (κ2) is 11.8. The molecule has 0 amide bonds. The molecular formula is C29H27N3O9S. The third kappa shape index (κ3) is 5.09. The molecule has 0 unspecified atom stereocenters. The molecule has 0 fully saturated rings. The van der Waals surface area contributed by atoms with Crippen molar-refractivity contribution in [3.8, 4) is 40.0 Å². The summed E-state index contributed by atoms with van der Waals surface area (Å²) in [7, 11) is 4.35. The summed E-state index contributed by atoms with van der Waals surface area (Å²) >= 11 is 1.09. The van der Waals surface area contributed by atoms with Crippen LogP contribution in [0.1, 0.15) is 29.3 Å². The summed E-state index contributed by atoms with van der Waals surface area (Å²) in [5.41, 5.74) is 2.89. The second-order valence-corrected chi connectivity index (χ2v) is 9.65. The lowest BCUT2D eigenvalue weighted by atomic mass is 9.97. The van der Waals surface area contributed by atoms with Crippen molar-refractivity contribution in [2.75, 3.05) is 27.9 Å². The average molecular weight is 594 g/mol. The Kier molecular flexibility index (Phi) is 8.02. The van der Waals surface area contributed by atoms with Gasteiger partial charge in [0, 0.05) is 11.6 Å². The molecule has 0 spiro atoms. The van der Waals surface area contributed by atoms with Crippen LogP contribution < -0.4 is 23.7 Å². The molecule has 0 aliphatic heterocycles. The van der Waals surface area contributed by atoms with Gasteiger partial charge in [0.2, 0.25) is 11.6 Å². The molecule has 13 heteroatoms. The number of hydrogen-bond acceptors (Lipinski definition) is 10. The van der Waals surface area contributed by atoms with Crippen molar-refractivity contribution in [1.82, 2.24) is 13.3 Å². The normalized spacial score (nSPS) is 11.0.